The predicted molar refractivity (Wildman–Crippen MR) is 73.0 cm³/mol. The minimum absolute atomic E-state index is 0.0444. The van der Waals surface area contributed by atoms with E-state index in [0.29, 0.717) is 5.56 Å². The first-order valence-electron chi connectivity index (χ1n) is 6.92. The number of aromatic nitrogens is 2. The molecule has 1 aromatic rings. The zero-order valence-electron chi connectivity index (χ0n) is 12.1. The van der Waals surface area contributed by atoms with Crippen LogP contribution in [0.25, 0.3) is 0 Å². The Morgan fingerprint density at radius 1 is 1.58 bits per heavy atom. The lowest BCUT2D eigenvalue weighted by atomic mass is 9.58. The van der Waals surface area contributed by atoms with Crippen LogP contribution in [0.2, 0.25) is 0 Å². The third kappa shape index (κ3) is 2.16. The highest BCUT2D eigenvalue weighted by atomic mass is 16.5. The highest BCUT2D eigenvalue weighted by molar-refractivity contribution is 5.95. The summed E-state index contributed by atoms with van der Waals surface area (Å²) in [4.78, 5) is 12.2. The molecule has 2 N–H and O–H groups in total. The number of hydrogen-bond acceptors (Lipinski definition) is 3. The molecule has 1 aliphatic rings. The molecule has 1 saturated carbocycles. The Balaban J connectivity index is 2.08. The molecular weight excluding hydrogens is 242 g/mol. The maximum Gasteiger partial charge on any atom is 0.254 e. The third-order valence-corrected chi connectivity index (χ3v) is 4.77. The molecule has 1 amide bonds. The molecule has 0 spiro atoms. The van der Waals surface area contributed by atoms with Crippen LogP contribution in [0.1, 0.15) is 49.2 Å². The van der Waals surface area contributed by atoms with Crippen LogP contribution >= 0.6 is 0 Å². The summed E-state index contributed by atoms with van der Waals surface area (Å²) in [5.74, 6) is -0.0444. The minimum Gasteiger partial charge on any atom is -0.381 e. The van der Waals surface area contributed by atoms with E-state index in [1.807, 2.05) is 6.92 Å². The fourth-order valence-corrected chi connectivity index (χ4v) is 3.29. The molecule has 0 aliphatic heterocycles. The van der Waals surface area contributed by atoms with Gasteiger partial charge in [0.1, 0.15) is 0 Å². The van der Waals surface area contributed by atoms with Crippen LogP contribution in [0.3, 0.4) is 0 Å². The number of methoxy groups -OCH3 is 1. The van der Waals surface area contributed by atoms with Crippen molar-refractivity contribution in [1.82, 2.24) is 15.5 Å². The maximum atomic E-state index is 12.2. The maximum absolute atomic E-state index is 12.2. The molecule has 5 nitrogen and oxygen atoms in total. The predicted octanol–water partition coefficient (Wildman–Crippen LogP) is 2.04. The van der Waals surface area contributed by atoms with Gasteiger partial charge in [-0.1, -0.05) is 13.8 Å². The van der Waals surface area contributed by atoms with Crippen LogP contribution in [0.4, 0.5) is 0 Å². The molecular formula is C14H23N3O2. The second kappa shape index (κ2) is 5.33. The fraction of sp³-hybridized carbons (Fsp3) is 0.714. The zero-order valence-corrected chi connectivity index (χ0v) is 12.1. The first-order valence-corrected chi connectivity index (χ1v) is 6.92. The van der Waals surface area contributed by atoms with Crippen LogP contribution in [0.5, 0.6) is 0 Å². The Bertz CT molecular complexity index is 451. The minimum atomic E-state index is -0.0444. The quantitative estimate of drug-likeness (QED) is 0.856. The van der Waals surface area contributed by atoms with Crippen molar-refractivity contribution in [3.8, 4) is 0 Å². The van der Waals surface area contributed by atoms with Crippen LogP contribution in [-0.2, 0) is 4.74 Å². The Labute approximate surface area is 114 Å². The van der Waals surface area contributed by atoms with Crippen LogP contribution in [0, 0.1) is 12.3 Å². The molecule has 2 atom stereocenters. The van der Waals surface area contributed by atoms with Gasteiger partial charge in [-0.15, -0.1) is 0 Å². The number of hydrogen-bond donors (Lipinski definition) is 2. The Morgan fingerprint density at radius 2 is 2.26 bits per heavy atom. The molecule has 0 bridgehead atoms. The van der Waals surface area contributed by atoms with Gasteiger partial charge in [-0.25, -0.2) is 0 Å². The molecule has 19 heavy (non-hydrogen) atoms. The number of nitrogens with one attached hydrogen (secondary N) is 2. The molecule has 1 aromatic heterocycles. The smallest absolute Gasteiger partial charge is 0.254 e. The van der Waals surface area contributed by atoms with E-state index in [-0.39, 0.29) is 23.5 Å². The lowest BCUT2D eigenvalue weighted by Crippen LogP contribution is -2.64. The number of aromatic amines is 1. The van der Waals surface area contributed by atoms with Crippen LogP contribution in [-0.4, -0.2) is 35.4 Å². The molecule has 0 saturated heterocycles. The van der Waals surface area contributed by atoms with Gasteiger partial charge < -0.3 is 10.1 Å². The largest absolute Gasteiger partial charge is 0.381 e. The van der Waals surface area contributed by atoms with Crippen molar-refractivity contribution in [3.05, 3.63) is 17.5 Å². The van der Waals surface area contributed by atoms with Gasteiger partial charge in [-0.2, -0.15) is 5.10 Å². The van der Waals surface area contributed by atoms with E-state index >= 15 is 0 Å². The van der Waals surface area contributed by atoms with Gasteiger partial charge in [-0.3, -0.25) is 9.89 Å². The molecule has 0 aromatic carbocycles. The van der Waals surface area contributed by atoms with E-state index in [0.717, 1.165) is 25.0 Å². The second-order valence-corrected chi connectivity index (χ2v) is 5.34. The molecule has 1 fully saturated rings. The normalized spacial score (nSPS) is 24.8. The van der Waals surface area contributed by atoms with Crippen molar-refractivity contribution < 1.29 is 9.53 Å². The van der Waals surface area contributed by atoms with E-state index in [1.54, 1.807) is 13.3 Å². The van der Waals surface area contributed by atoms with Gasteiger partial charge in [0, 0.05) is 24.3 Å². The van der Waals surface area contributed by atoms with Gasteiger partial charge in [0.15, 0.2) is 0 Å². The first kappa shape index (κ1) is 14.1. The van der Waals surface area contributed by atoms with E-state index < -0.39 is 0 Å². The molecule has 106 valence electrons. The van der Waals surface area contributed by atoms with E-state index in [2.05, 4.69) is 29.4 Å². The number of aryl methyl sites for hydroxylation is 1. The topological polar surface area (TPSA) is 67.0 Å². The van der Waals surface area contributed by atoms with Crippen molar-refractivity contribution in [1.29, 1.82) is 0 Å². The fourth-order valence-electron chi connectivity index (χ4n) is 3.29. The van der Waals surface area contributed by atoms with Crippen molar-refractivity contribution in [2.24, 2.45) is 5.41 Å². The molecule has 5 heteroatoms. The highest BCUT2D eigenvalue weighted by Crippen LogP contribution is 2.48. The van der Waals surface area contributed by atoms with E-state index in [4.69, 9.17) is 4.74 Å². The van der Waals surface area contributed by atoms with E-state index in [9.17, 15) is 4.79 Å². The summed E-state index contributed by atoms with van der Waals surface area (Å²) in [5, 5.41) is 9.82. The van der Waals surface area contributed by atoms with Crippen molar-refractivity contribution in [3.63, 3.8) is 0 Å². The third-order valence-electron chi connectivity index (χ3n) is 4.77. The monoisotopic (exact) mass is 265 g/mol. The average Bonchev–Trinajstić information content (AvgIpc) is 2.82. The number of rotatable bonds is 5. The number of nitrogens with zero attached hydrogens (tertiary/aromatic N) is 1. The Hall–Kier alpha value is -1.36. The number of H-pyrrole nitrogens is 1. The van der Waals surface area contributed by atoms with Crippen molar-refractivity contribution in [2.45, 2.75) is 52.2 Å². The first-order chi connectivity index (χ1) is 9.08. The average molecular weight is 265 g/mol. The van der Waals surface area contributed by atoms with Gasteiger partial charge in [0.25, 0.3) is 5.91 Å². The summed E-state index contributed by atoms with van der Waals surface area (Å²) in [6.07, 6.45) is 4.74. The van der Waals surface area contributed by atoms with Gasteiger partial charge in [-0.05, 0) is 26.2 Å². The Kier molecular flexibility index (Phi) is 3.94. The summed E-state index contributed by atoms with van der Waals surface area (Å²) in [6.45, 7) is 6.18. The lowest BCUT2D eigenvalue weighted by Gasteiger charge is -2.55. The summed E-state index contributed by atoms with van der Waals surface area (Å²) in [5.41, 5.74) is 1.50. The number of carbonyl (C=O) groups is 1. The summed E-state index contributed by atoms with van der Waals surface area (Å²) >= 11 is 0. The summed E-state index contributed by atoms with van der Waals surface area (Å²) < 4.78 is 5.54. The molecule has 1 aliphatic carbocycles. The lowest BCUT2D eigenvalue weighted by molar-refractivity contribution is -0.120. The number of carbonyl (C=O) groups excluding carboxylic acids is 1. The molecule has 2 rings (SSSR count). The van der Waals surface area contributed by atoms with Crippen LogP contribution < -0.4 is 5.32 Å². The summed E-state index contributed by atoms with van der Waals surface area (Å²) in [7, 11) is 1.75. The van der Waals surface area contributed by atoms with Gasteiger partial charge >= 0.3 is 0 Å². The molecule has 1 heterocycles. The highest BCUT2D eigenvalue weighted by Gasteiger charge is 2.53. The van der Waals surface area contributed by atoms with Gasteiger partial charge in [0.2, 0.25) is 0 Å². The van der Waals surface area contributed by atoms with Crippen LogP contribution in [0.15, 0.2) is 6.20 Å². The summed E-state index contributed by atoms with van der Waals surface area (Å²) in [6, 6.07) is 0.189. The van der Waals surface area contributed by atoms with Crippen molar-refractivity contribution in [2.75, 3.05) is 7.11 Å². The van der Waals surface area contributed by atoms with Crippen molar-refractivity contribution >= 4 is 5.91 Å². The molecule has 0 unspecified atom stereocenters. The standard InChI is InChI=1S/C14H23N3O2/c1-5-14(6-2)11(7-12(14)19-4)16-13(18)10-8-15-17-9(10)3/h8,11-12H,5-7H2,1-4H3,(H,15,17)(H,16,18)/t11-,12-/m0/s1. The van der Waals surface area contributed by atoms with E-state index in [1.165, 1.54) is 0 Å². The Morgan fingerprint density at radius 3 is 2.74 bits per heavy atom. The SMILES string of the molecule is CCC1(CC)[C@@H](NC(=O)c2cn[nH]c2C)C[C@@H]1OC. The second-order valence-electron chi connectivity index (χ2n) is 5.34. The van der Waals surface area contributed by atoms with Gasteiger partial charge in [0.05, 0.1) is 17.9 Å². The zero-order chi connectivity index (χ0) is 14.0. The number of amides is 1. The molecule has 0 radical (unpaired) electrons. The number of ether oxygens (including phenoxy) is 1.